The Kier molecular flexibility index (Phi) is 5.26. The van der Waals surface area contributed by atoms with Crippen molar-refractivity contribution >= 4 is 5.69 Å². The first-order chi connectivity index (χ1) is 9.58. The normalized spacial score (nSPS) is 17.6. The topological polar surface area (TPSA) is 41.7 Å². The Hall–Kier alpha value is -1.26. The highest BCUT2D eigenvalue weighted by Gasteiger charge is 2.18. The van der Waals surface area contributed by atoms with E-state index in [1.54, 1.807) is 7.11 Å². The van der Waals surface area contributed by atoms with Crippen molar-refractivity contribution in [3.8, 4) is 5.75 Å². The van der Waals surface area contributed by atoms with Crippen molar-refractivity contribution in [2.75, 3.05) is 46.6 Å². The molecule has 0 unspecified atom stereocenters. The number of anilines is 1. The SMILES string of the molecule is COc1ccc(N)cc1CN(C)CC1CCN(C)CC1. The molecule has 0 radical (unpaired) electrons. The number of nitrogen functional groups attached to an aromatic ring is 1. The van der Waals surface area contributed by atoms with Crippen LogP contribution in [0.4, 0.5) is 5.69 Å². The highest BCUT2D eigenvalue weighted by molar-refractivity contribution is 5.47. The zero-order valence-electron chi connectivity index (χ0n) is 12.9. The lowest BCUT2D eigenvalue weighted by Gasteiger charge is -2.31. The van der Waals surface area contributed by atoms with Crippen LogP contribution in [0.25, 0.3) is 0 Å². The zero-order chi connectivity index (χ0) is 14.5. The van der Waals surface area contributed by atoms with Gasteiger partial charge >= 0.3 is 0 Å². The molecule has 0 aromatic heterocycles. The third kappa shape index (κ3) is 4.12. The molecule has 0 atom stereocenters. The number of hydrogen-bond donors (Lipinski definition) is 1. The minimum absolute atomic E-state index is 0.800. The maximum atomic E-state index is 5.88. The summed E-state index contributed by atoms with van der Waals surface area (Å²) in [4.78, 5) is 4.80. The Balaban J connectivity index is 1.91. The third-order valence-corrected chi connectivity index (χ3v) is 4.15. The molecule has 1 saturated heterocycles. The first-order valence-corrected chi connectivity index (χ1v) is 7.38. The predicted molar refractivity (Wildman–Crippen MR) is 84.0 cm³/mol. The molecular formula is C16H27N3O. The molecule has 20 heavy (non-hydrogen) atoms. The van der Waals surface area contributed by atoms with Crippen molar-refractivity contribution in [2.45, 2.75) is 19.4 Å². The lowest BCUT2D eigenvalue weighted by atomic mass is 9.96. The van der Waals surface area contributed by atoms with Gasteiger partial charge in [0.15, 0.2) is 0 Å². The second kappa shape index (κ2) is 6.95. The number of nitrogens with zero attached hydrogens (tertiary/aromatic N) is 2. The van der Waals surface area contributed by atoms with Gasteiger partial charge in [-0.25, -0.2) is 0 Å². The maximum Gasteiger partial charge on any atom is 0.123 e. The standard InChI is InChI=1S/C16H27N3O/c1-18-8-6-13(7-9-18)11-19(2)12-14-10-15(17)4-5-16(14)20-3/h4-5,10,13H,6-9,11-12,17H2,1-3H3. The molecule has 1 aromatic rings. The molecule has 4 heteroatoms. The van der Waals surface area contributed by atoms with E-state index in [1.807, 2.05) is 18.2 Å². The van der Waals surface area contributed by atoms with Crippen LogP contribution >= 0.6 is 0 Å². The Morgan fingerprint density at radius 2 is 2.05 bits per heavy atom. The second-order valence-electron chi connectivity index (χ2n) is 6.01. The molecule has 1 aromatic carbocycles. The predicted octanol–water partition coefficient (Wildman–Crippen LogP) is 2.05. The number of methoxy groups -OCH3 is 1. The van der Waals surface area contributed by atoms with Gasteiger partial charge in [0.25, 0.3) is 0 Å². The molecule has 0 spiro atoms. The monoisotopic (exact) mass is 277 g/mol. The molecule has 0 saturated carbocycles. The van der Waals surface area contributed by atoms with E-state index in [9.17, 15) is 0 Å². The minimum Gasteiger partial charge on any atom is -0.496 e. The largest absolute Gasteiger partial charge is 0.496 e. The van der Waals surface area contributed by atoms with Crippen LogP contribution in [0.5, 0.6) is 5.75 Å². The molecule has 2 rings (SSSR count). The molecule has 2 N–H and O–H groups in total. The molecule has 4 nitrogen and oxygen atoms in total. The number of ether oxygens (including phenoxy) is 1. The average molecular weight is 277 g/mol. The zero-order valence-corrected chi connectivity index (χ0v) is 12.9. The first-order valence-electron chi connectivity index (χ1n) is 7.38. The van der Waals surface area contributed by atoms with Gasteiger partial charge in [-0.15, -0.1) is 0 Å². The van der Waals surface area contributed by atoms with Crippen molar-refractivity contribution in [2.24, 2.45) is 5.92 Å². The average Bonchev–Trinajstić information content (AvgIpc) is 2.41. The van der Waals surface area contributed by atoms with Crippen LogP contribution in [-0.4, -0.2) is 50.6 Å². The van der Waals surface area contributed by atoms with E-state index >= 15 is 0 Å². The summed E-state index contributed by atoms with van der Waals surface area (Å²) in [5, 5.41) is 0. The van der Waals surface area contributed by atoms with Gasteiger partial charge in [-0.3, -0.25) is 0 Å². The van der Waals surface area contributed by atoms with Crippen LogP contribution in [0.3, 0.4) is 0 Å². The van der Waals surface area contributed by atoms with Crippen LogP contribution < -0.4 is 10.5 Å². The van der Waals surface area contributed by atoms with Crippen molar-refractivity contribution in [1.82, 2.24) is 9.80 Å². The number of likely N-dealkylation sites (tertiary alicyclic amines) is 1. The number of rotatable bonds is 5. The Morgan fingerprint density at radius 3 is 2.70 bits per heavy atom. The van der Waals surface area contributed by atoms with E-state index in [0.717, 1.165) is 30.4 Å². The fraction of sp³-hybridized carbons (Fsp3) is 0.625. The quantitative estimate of drug-likeness (QED) is 0.837. The molecule has 1 aliphatic rings. The van der Waals surface area contributed by atoms with E-state index in [1.165, 1.54) is 31.5 Å². The van der Waals surface area contributed by atoms with Gasteiger partial charge < -0.3 is 20.3 Å². The Morgan fingerprint density at radius 1 is 1.35 bits per heavy atom. The minimum atomic E-state index is 0.800. The van der Waals surface area contributed by atoms with Crippen molar-refractivity contribution in [1.29, 1.82) is 0 Å². The molecular weight excluding hydrogens is 250 g/mol. The molecule has 0 bridgehead atoms. The third-order valence-electron chi connectivity index (χ3n) is 4.15. The van der Waals surface area contributed by atoms with E-state index in [0.29, 0.717) is 0 Å². The highest BCUT2D eigenvalue weighted by atomic mass is 16.5. The van der Waals surface area contributed by atoms with Gasteiger partial charge in [0, 0.05) is 24.3 Å². The van der Waals surface area contributed by atoms with Crippen LogP contribution in [0.15, 0.2) is 18.2 Å². The lowest BCUT2D eigenvalue weighted by molar-refractivity contribution is 0.173. The van der Waals surface area contributed by atoms with Crippen LogP contribution in [0.1, 0.15) is 18.4 Å². The Bertz CT molecular complexity index is 428. The maximum absolute atomic E-state index is 5.88. The summed E-state index contributed by atoms with van der Waals surface area (Å²) in [5.74, 6) is 1.73. The number of piperidine rings is 1. The Labute approximate surface area is 122 Å². The molecule has 0 aliphatic carbocycles. The summed E-state index contributed by atoms with van der Waals surface area (Å²) in [7, 11) is 6.10. The van der Waals surface area contributed by atoms with Gasteiger partial charge in [-0.2, -0.15) is 0 Å². The van der Waals surface area contributed by atoms with Gasteiger partial charge in [0.1, 0.15) is 5.75 Å². The van der Waals surface area contributed by atoms with E-state index in [4.69, 9.17) is 10.5 Å². The van der Waals surface area contributed by atoms with Gasteiger partial charge in [-0.1, -0.05) is 0 Å². The summed E-state index contributed by atoms with van der Waals surface area (Å²) in [6.07, 6.45) is 2.60. The fourth-order valence-electron chi connectivity index (χ4n) is 2.96. The van der Waals surface area contributed by atoms with Crippen molar-refractivity contribution in [3.05, 3.63) is 23.8 Å². The fourth-order valence-corrected chi connectivity index (χ4v) is 2.96. The van der Waals surface area contributed by atoms with Crippen molar-refractivity contribution < 1.29 is 4.74 Å². The van der Waals surface area contributed by atoms with E-state index in [2.05, 4.69) is 23.9 Å². The van der Waals surface area contributed by atoms with Gasteiger partial charge in [-0.05, 0) is 64.1 Å². The number of hydrogen-bond acceptors (Lipinski definition) is 4. The van der Waals surface area contributed by atoms with Gasteiger partial charge in [0.05, 0.1) is 7.11 Å². The van der Waals surface area contributed by atoms with E-state index in [-0.39, 0.29) is 0 Å². The van der Waals surface area contributed by atoms with Crippen molar-refractivity contribution in [3.63, 3.8) is 0 Å². The lowest BCUT2D eigenvalue weighted by Crippen LogP contribution is -2.35. The van der Waals surface area contributed by atoms with Crippen LogP contribution in [0, 0.1) is 5.92 Å². The summed E-state index contributed by atoms with van der Waals surface area (Å²) >= 11 is 0. The molecule has 1 fully saturated rings. The van der Waals surface area contributed by atoms with Crippen LogP contribution in [0.2, 0.25) is 0 Å². The molecule has 112 valence electrons. The summed E-state index contributed by atoms with van der Waals surface area (Å²) in [6, 6.07) is 5.86. The summed E-state index contributed by atoms with van der Waals surface area (Å²) < 4.78 is 5.42. The second-order valence-corrected chi connectivity index (χ2v) is 6.01. The van der Waals surface area contributed by atoms with Crippen LogP contribution in [-0.2, 0) is 6.54 Å². The highest BCUT2D eigenvalue weighted by Crippen LogP contribution is 2.23. The van der Waals surface area contributed by atoms with E-state index < -0.39 is 0 Å². The smallest absolute Gasteiger partial charge is 0.123 e. The van der Waals surface area contributed by atoms with Gasteiger partial charge in [0.2, 0.25) is 0 Å². The molecule has 0 amide bonds. The first kappa shape index (κ1) is 15.1. The number of nitrogens with two attached hydrogens (primary N) is 1. The number of benzene rings is 1. The molecule has 1 heterocycles. The molecule has 1 aliphatic heterocycles. The summed E-state index contributed by atoms with van der Waals surface area (Å²) in [6.45, 7) is 4.48. The summed E-state index contributed by atoms with van der Waals surface area (Å²) in [5.41, 5.74) is 7.85.